The number of halogens is 1. The zero-order chi connectivity index (χ0) is 20.8. The lowest BCUT2D eigenvalue weighted by Gasteiger charge is -2.26. The van der Waals surface area contributed by atoms with E-state index in [9.17, 15) is 4.79 Å². The van der Waals surface area contributed by atoms with E-state index >= 15 is 0 Å². The van der Waals surface area contributed by atoms with Crippen molar-refractivity contribution in [1.29, 1.82) is 0 Å². The molecule has 1 aliphatic carbocycles. The number of aromatic nitrogens is 2. The fraction of sp³-hybridized carbons (Fsp3) is 0.652. The molecule has 1 amide bonds. The van der Waals surface area contributed by atoms with Crippen LogP contribution in [0.1, 0.15) is 69.7 Å². The standard InChI is InChI=1S/C21H28ClN3O2.C2H6/c1-14-4-2-5-15(10-14)11-24-21(26)17-13-25(12-16-6-3-9-27-16)20-19(17)18(22)7-8-23-20;1-2/h7-8,13-16H,2-6,9-12H2,1H3,(H,24,26);1-2H3. The molecular formula is C23H34ClN3O2. The van der Waals surface area contributed by atoms with Gasteiger partial charge in [-0.1, -0.05) is 45.2 Å². The first-order chi connectivity index (χ1) is 14.1. The Morgan fingerprint density at radius 1 is 1.31 bits per heavy atom. The Bertz CT molecular complexity index is 814. The van der Waals surface area contributed by atoms with Gasteiger partial charge in [-0.15, -0.1) is 0 Å². The molecule has 29 heavy (non-hydrogen) atoms. The van der Waals surface area contributed by atoms with Crippen LogP contribution in [0.5, 0.6) is 0 Å². The lowest BCUT2D eigenvalue weighted by atomic mass is 9.82. The number of fused-ring (bicyclic) bond motifs is 1. The monoisotopic (exact) mass is 419 g/mol. The smallest absolute Gasteiger partial charge is 0.253 e. The van der Waals surface area contributed by atoms with Crippen molar-refractivity contribution in [2.45, 2.75) is 71.9 Å². The number of carbonyl (C=O) groups excluding carboxylic acids is 1. The molecule has 1 saturated carbocycles. The van der Waals surface area contributed by atoms with Crippen LogP contribution >= 0.6 is 11.6 Å². The second-order valence-electron chi connectivity index (χ2n) is 8.17. The number of rotatable bonds is 5. The van der Waals surface area contributed by atoms with Crippen LogP contribution in [0.25, 0.3) is 11.0 Å². The molecule has 2 aromatic heterocycles. The lowest BCUT2D eigenvalue weighted by Crippen LogP contribution is -2.31. The molecular weight excluding hydrogens is 386 g/mol. The Hall–Kier alpha value is -1.59. The Labute approximate surface area is 179 Å². The normalized spacial score (nSPS) is 24.2. The van der Waals surface area contributed by atoms with Crippen molar-refractivity contribution in [2.75, 3.05) is 13.2 Å². The highest BCUT2D eigenvalue weighted by Gasteiger charge is 2.24. The van der Waals surface area contributed by atoms with Crippen LogP contribution in [0.15, 0.2) is 18.5 Å². The zero-order valence-electron chi connectivity index (χ0n) is 17.9. The van der Waals surface area contributed by atoms with Crippen molar-refractivity contribution in [3.63, 3.8) is 0 Å². The molecule has 0 aromatic carbocycles. The van der Waals surface area contributed by atoms with Crippen molar-refractivity contribution in [2.24, 2.45) is 11.8 Å². The molecule has 0 radical (unpaired) electrons. The van der Waals surface area contributed by atoms with Gasteiger partial charge in [-0.25, -0.2) is 4.98 Å². The van der Waals surface area contributed by atoms with Gasteiger partial charge in [0.05, 0.1) is 28.6 Å². The van der Waals surface area contributed by atoms with Gasteiger partial charge in [0.15, 0.2) is 0 Å². The first-order valence-electron chi connectivity index (χ1n) is 11.1. The van der Waals surface area contributed by atoms with E-state index in [1.807, 2.05) is 24.6 Å². The Balaban J connectivity index is 0.00000117. The van der Waals surface area contributed by atoms with Crippen molar-refractivity contribution in [3.05, 3.63) is 29.0 Å². The van der Waals surface area contributed by atoms with Crippen LogP contribution in [0, 0.1) is 11.8 Å². The van der Waals surface area contributed by atoms with E-state index < -0.39 is 0 Å². The van der Waals surface area contributed by atoms with E-state index in [4.69, 9.17) is 16.3 Å². The largest absolute Gasteiger partial charge is 0.376 e. The zero-order valence-corrected chi connectivity index (χ0v) is 18.7. The van der Waals surface area contributed by atoms with Gasteiger partial charge in [0, 0.05) is 25.5 Å². The average molecular weight is 420 g/mol. The molecule has 160 valence electrons. The summed E-state index contributed by atoms with van der Waals surface area (Å²) >= 11 is 6.44. The maximum Gasteiger partial charge on any atom is 0.253 e. The third kappa shape index (κ3) is 5.32. The van der Waals surface area contributed by atoms with Crippen LogP contribution in [0.2, 0.25) is 5.02 Å². The number of amides is 1. The molecule has 3 unspecified atom stereocenters. The van der Waals surface area contributed by atoms with E-state index in [-0.39, 0.29) is 12.0 Å². The molecule has 0 bridgehead atoms. The van der Waals surface area contributed by atoms with Crippen LogP contribution in [-0.2, 0) is 11.3 Å². The van der Waals surface area contributed by atoms with Gasteiger partial charge in [-0.2, -0.15) is 0 Å². The van der Waals surface area contributed by atoms with Gasteiger partial charge >= 0.3 is 0 Å². The van der Waals surface area contributed by atoms with E-state index in [1.165, 1.54) is 25.7 Å². The number of nitrogens with one attached hydrogen (secondary N) is 1. The highest BCUT2D eigenvalue weighted by molar-refractivity contribution is 6.36. The first-order valence-corrected chi connectivity index (χ1v) is 11.5. The topological polar surface area (TPSA) is 56.2 Å². The van der Waals surface area contributed by atoms with Gasteiger partial charge in [0.2, 0.25) is 0 Å². The third-order valence-electron chi connectivity index (χ3n) is 5.97. The van der Waals surface area contributed by atoms with E-state index in [1.54, 1.807) is 12.3 Å². The highest BCUT2D eigenvalue weighted by atomic mass is 35.5. The molecule has 2 aliphatic rings. The molecule has 1 aliphatic heterocycles. The predicted molar refractivity (Wildman–Crippen MR) is 119 cm³/mol. The average Bonchev–Trinajstić information content (AvgIpc) is 3.37. The highest BCUT2D eigenvalue weighted by Crippen LogP contribution is 2.30. The minimum atomic E-state index is -0.0563. The summed E-state index contributed by atoms with van der Waals surface area (Å²) in [5, 5.41) is 4.46. The molecule has 5 nitrogen and oxygen atoms in total. The first kappa shape index (κ1) is 22.1. The van der Waals surface area contributed by atoms with Gasteiger partial charge in [0.25, 0.3) is 5.91 Å². The number of nitrogens with zero attached hydrogens (tertiary/aromatic N) is 2. The van der Waals surface area contributed by atoms with E-state index in [0.717, 1.165) is 42.9 Å². The van der Waals surface area contributed by atoms with Crippen molar-refractivity contribution >= 4 is 28.5 Å². The number of hydrogen-bond acceptors (Lipinski definition) is 3. The summed E-state index contributed by atoms with van der Waals surface area (Å²) in [4.78, 5) is 17.4. The maximum atomic E-state index is 12.9. The van der Waals surface area contributed by atoms with E-state index in [2.05, 4.69) is 17.2 Å². The van der Waals surface area contributed by atoms with Crippen LogP contribution < -0.4 is 5.32 Å². The second kappa shape index (κ2) is 10.4. The summed E-state index contributed by atoms with van der Waals surface area (Å²) in [6.07, 6.45) is 10.9. The molecule has 3 atom stereocenters. The number of ether oxygens (including phenoxy) is 1. The Kier molecular flexibility index (Phi) is 7.96. The van der Waals surface area contributed by atoms with Crippen LogP contribution in [0.3, 0.4) is 0 Å². The molecule has 1 saturated heterocycles. The number of hydrogen-bond donors (Lipinski definition) is 1. The van der Waals surface area contributed by atoms with Crippen molar-refractivity contribution in [3.8, 4) is 0 Å². The quantitative estimate of drug-likeness (QED) is 0.700. The summed E-state index contributed by atoms with van der Waals surface area (Å²) in [7, 11) is 0. The van der Waals surface area contributed by atoms with Gasteiger partial charge < -0.3 is 14.6 Å². The predicted octanol–water partition coefficient (Wildman–Crippen LogP) is 5.45. The summed E-state index contributed by atoms with van der Waals surface area (Å²) in [6, 6.07) is 1.75. The maximum absolute atomic E-state index is 12.9. The fourth-order valence-electron chi connectivity index (χ4n) is 4.57. The summed E-state index contributed by atoms with van der Waals surface area (Å²) in [5.41, 5.74) is 1.37. The Morgan fingerprint density at radius 3 is 2.86 bits per heavy atom. The minimum Gasteiger partial charge on any atom is -0.376 e. The van der Waals surface area contributed by atoms with Crippen molar-refractivity contribution in [1.82, 2.24) is 14.9 Å². The minimum absolute atomic E-state index is 0.0563. The van der Waals surface area contributed by atoms with Gasteiger partial charge in [-0.3, -0.25) is 4.79 Å². The summed E-state index contributed by atoms with van der Waals surface area (Å²) < 4.78 is 7.78. The van der Waals surface area contributed by atoms with E-state index in [0.29, 0.717) is 23.0 Å². The summed E-state index contributed by atoms with van der Waals surface area (Å²) in [6.45, 7) is 8.56. The SMILES string of the molecule is CC.CC1CCCC(CNC(=O)c2cn(CC3CCCO3)c3nccc(Cl)c23)C1. The lowest BCUT2D eigenvalue weighted by molar-refractivity contribution is 0.0935. The molecule has 1 N–H and O–H groups in total. The van der Waals surface area contributed by atoms with Crippen LogP contribution in [-0.4, -0.2) is 34.7 Å². The molecule has 3 heterocycles. The third-order valence-corrected chi connectivity index (χ3v) is 6.29. The Morgan fingerprint density at radius 2 is 2.14 bits per heavy atom. The second-order valence-corrected chi connectivity index (χ2v) is 8.58. The summed E-state index contributed by atoms with van der Waals surface area (Å²) in [5.74, 6) is 1.28. The molecule has 2 fully saturated rings. The molecule has 6 heteroatoms. The number of pyridine rings is 1. The fourth-order valence-corrected chi connectivity index (χ4v) is 4.82. The number of carbonyl (C=O) groups is 1. The molecule has 4 rings (SSSR count). The molecule has 2 aromatic rings. The van der Waals surface area contributed by atoms with Crippen LogP contribution in [0.4, 0.5) is 0 Å². The molecule has 0 spiro atoms. The van der Waals surface area contributed by atoms with Gasteiger partial charge in [-0.05, 0) is 43.6 Å². The van der Waals surface area contributed by atoms with Gasteiger partial charge in [0.1, 0.15) is 5.65 Å². The van der Waals surface area contributed by atoms with Crippen molar-refractivity contribution < 1.29 is 9.53 Å².